The summed E-state index contributed by atoms with van der Waals surface area (Å²) in [5.41, 5.74) is 0.567. The lowest BCUT2D eigenvalue weighted by molar-refractivity contribution is 0.0987. The van der Waals surface area contributed by atoms with Crippen LogP contribution in [0.5, 0.6) is 17.2 Å². The van der Waals surface area contributed by atoms with Crippen LogP contribution in [0.25, 0.3) is 0 Å². The third-order valence-corrected chi connectivity index (χ3v) is 2.31. The van der Waals surface area contributed by atoms with E-state index in [-0.39, 0.29) is 5.78 Å². The molecular weight excluding hydrogens is 232 g/mol. The van der Waals surface area contributed by atoms with Gasteiger partial charge in [0.25, 0.3) is 0 Å². The minimum atomic E-state index is 0.0410. The molecular formula is C14H22O4. The van der Waals surface area contributed by atoms with E-state index >= 15 is 0 Å². The van der Waals surface area contributed by atoms with Gasteiger partial charge in [0.1, 0.15) is 0 Å². The topological polar surface area (TPSA) is 44.8 Å². The number of methoxy groups -OCH3 is 3. The molecule has 4 nitrogen and oxygen atoms in total. The van der Waals surface area contributed by atoms with Gasteiger partial charge in [-0.15, -0.1) is 0 Å². The van der Waals surface area contributed by atoms with Crippen molar-refractivity contribution in [3.05, 3.63) is 17.7 Å². The fourth-order valence-electron chi connectivity index (χ4n) is 1.45. The number of carbonyl (C=O) groups is 1. The second-order valence-electron chi connectivity index (χ2n) is 3.19. The number of ketones is 1. The normalized spacial score (nSPS) is 9.00. The maximum atomic E-state index is 11.6. The highest BCUT2D eigenvalue weighted by molar-refractivity contribution is 5.97. The smallest absolute Gasteiger partial charge is 0.203 e. The number of hydrogen-bond acceptors (Lipinski definition) is 4. The summed E-state index contributed by atoms with van der Waals surface area (Å²) in [4.78, 5) is 11.6. The molecule has 0 aromatic heterocycles. The predicted octanol–water partition coefficient (Wildman–Crippen LogP) is 3.33. The minimum absolute atomic E-state index is 0.0410. The first-order valence-corrected chi connectivity index (χ1v) is 6.01. The largest absolute Gasteiger partial charge is 0.493 e. The Bertz CT molecular complexity index is 360. The molecule has 0 bridgehead atoms. The lowest BCUT2D eigenvalue weighted by atomic mass is 10.1. The van der Waals surface area contributed by atoms with Gasteiger partial charge in [-0.05, 0) is 12.1 Å². The summed E-state index contributed by atoms with van der Waals surface area (Å²) in [5.74, 6) is 1.54. The maximum absolute atomic E-state index is 11.6. The highest BCUT2D eigenvalue weighted by atomic mass is 16.5. The van der Waals surface area contributed by atoms with Gasteiger partial charge in [-0.1, -0.05) is 20.8 Å². The van der Waals surface area contributed by atoms with E-state index in [2.05, 4.69) is 0 Å². The summed E-state index contributed by atoms with van der Waals surface area (Å²) in [5, 5.41) is 0. The molecule has 0 saturated carbocycles. The van der Waals surface area contributed by atoms with Crippen LogP contribution in [0, 0.1) is 0 Å². The van der Waals surface area contributed by atoms with Crippen molar-refractivity contribution in [2.75, 3.05) is 21.3 Å². The summed E-state index contributed by atoms with van der Waals surface area (Å²) in [6.45, 7) is 5.81. The molecule has 0 amide bonds. The van der Waals surface area contributed by atoms with Gasteiger partial charge in [0.05, 0.1) is 21.3 Å². The zero-order valence-corrected chi connectivity index (χ0v) is 12.0. The van der Waals surface area contributed by atoms with Crippen molar-refractivity contribution in [1.29, 1.82) is 0 Å². The van der Waals surface area contributed by atoms with Gasteiger partial charge in [-0.2, -0.15) is 0 Å². The van der Waals surface area contributed by atoms with Gasteiger partial charge in [0, 0.05) is 12.0 Å². The number of carbonyl (C=O) groups excluding carboxylic acids is 1. The van der Waals surface area contributed by atoms with Gasteiger partial charge < -0.3 is 14.2 Å². The van der Waals surface area contributed by atoms with Crippen LogP contribution in [-0.4, -0.2) is 27.1 Å². The summed E-state index contributed by atoms with van der Waals surface area (Å²) in [7, 11) is 4.58. The molecule has 1 aromatic carbocycles. The fourth-order valence-corrected chi connectivity index (χ4v) is 1.45. The van der Waals surface area contributed by atoms with Crippen molar-refractivity contribution < 1.29 is 19.0 Å². The molecule has 4 heteroatoms. The fraction of sp³-hybridized carbons (Fsp3) is 0.500. The molecule has 0 N–H and O–H groups in total. The molecule has 0 fully saturated rings. The van der Waals surface area contributed by atoms with Crippen molar-refractivity contribution in [1.82, 2.24) is 0 Å². The molecule has 102 valence electrons. The number of benzene rings is 1. The minimum Gasteiger partial charge on any atom is -0.493 e. The zero-order chi connectivity index (χ0) is 14.1. The summed E-state index contributed by atoms with van der Waals surface area (Å²) < 4.78 is 15.5. The number of ether oxygens (including phenoxy) is 3. The Balaban J connectivity index is 0.00000137. The molecule has 0 saturated heterocycles. The molecule has 1 rings (SSSR count). The zero-order valence-electron chi connectivity index (χ0n) is 12.0. The van der Waals surface area contributed by atoms with E-state index in [0.29, 0.717) is 29.2 Å². The average Bonchev–Trinajstić information content (AvgIpc) is 2.46. The first-order chi connectivity index (χ1) is 8.67. The highest BCUT2D eigenvalue weighted by Gasteiger charge is 2.15. The van der Waals surface area contributed by atoms with Gasteiger partial charge in [0.15, 0.2) is 17.3 Å². The Morgan fingerprint density at radius 1 is 1.00 bits per heavy atom. The predicted molar refractivity (Wildman–Crippen MR) is 72.1 cm³/mol. The number of rotatable bonds is 5. The molecule has 0 spiro atoms. The molecule has 1 aromatic rings. The Morgan fingerprint density at radius 2 is 1.44 bits per heavy atom. The summed E-state index contributed by atoms with van der Waals surface area (Å²) >= 11 is 0. The first kappa shape index (κ1) is 16.3. The van der Waals surface area contributed by atoms with E-state index in [9.17, 15) is 4.79 Å². The maximum Gasteiger partial charge on any atom is 0.203 e. The van der Waals surface area contributed by atoms with Crippen LogP contribution in [0.2, 0.25) is 0 Å². The quantitative estimate of drug-likeness (QED) is 0.756. The standard InChI is InChI=1S/C12H16O4.C2H6/c1-5-9(13)8-6-10(14-2)12(16-4)11(7-8)15-3;1-2/h6-7H,5H2,1-4H3;1-2H3. The molecule has 0 aliphatic heterocycles. The molecule has 18 heavy (non-hydrogen) atoms. The van der Waals surface area contributed by atoms with Gasteiger partial charge >= 0.3 is 0 Å². The Labute approximate surface area is 109 Å². The molecule has 0 aliphatic carbocycles. The van der Waals surface area contributed by atoms with Gasteiger partial charge in [-0.3, -0.25) is 4.79 Å². The molecule has 0 heterocycles. The van der Waals surface area contributed by atoms with Crippen LogP contribution in [0.3, 0.4) is 0 Å². The average molecular weight is 254 g/mol. The molecule has 0 unspecified atom stereocenters. The lowest BCUT2D eigenvalue weighted by Gasteiger charge is -2.13. The van der Waals surface area contributed by atoms with Gasteiger partial charge in [-0.25, -0.2) is 0 Å². The molecule has 0 aliphatic rings. The van der Waals surface area contributed by atoms with Crippen LogP contribution < -0.4 is 14.2 Å². The lowest BCUT2D eigenvalue weighted by Crippen LogP contribution is -2.01. The first-order valence-electron chi connectivity index (χ1n) is 6.01. The van der Waals surface area contributed by atoms with Crippen molar-refractivity contribution in [3.63, 3.8) is 0 Å². The third kappa shape index (κ3) is 3.65. The second kappa shape index (κ2) is 8.39. The summed E-state index contributed by atoms with van der Waals surface area (Å²) in [6, 6.07) is 3.32. The molecule has 0 atom stereocenters. The van der Waals surface area contributed by atoms with Crippen LogP contribution in [0.15, 0.2) is 12.1 Å². The van der Waals surface area contributed by atoms with Crippen molar-refractivity contribution in [2.24, 2.45) is 0 Å². The van der Waals surface area contributed by atoms with E-state index < -0.39 is 0 Å². The Hall–Kier alpha value is -1.71. The van der Waals surface area contributed by atoms with E-state index in [1.807, 2.05) is 20.8 Å². The molecule has 0 radical (unpaired) electrons. The van der Waals surface area contributed by atoms with Crippen molar-refractivity contribution in [3.8, 4) is 17.2 Å². The van der Waals surface area contributed by atoms with E-state index in [0.717, 1.165) is 0 Å². The van der Waals surface area contributed by atoms with Crippen molar-refractivity contribution in [2.45, 2.75) is 27.2 Å². The summed E-state index contributed by atoms with van der Waals surface area (Å²) in [6.07, 6.45) is 0.443. The van der Waals surface area contributed by atoms with E-state index in [4.69, 9.17) is 14.2 Å². The van der Waals surface area contributed by atoms with Crippen LogP contribution in [-0.2, 0) is 0 Å². The number of Topliss-reactive ketones (excluding diaryl/α,β-unsaturated/α-hetero) is 1. The Kier molecular flexibility index (Phi) is 7.59. The van der Waals surface area contributed by atoms with Crippen LogP contribution in [0.1, 0.15) is 37.6 Å². The Morgan fingerprint density at radius 3 is 1.72 bits per heavy atom. The number of hydrogen-bond donors (Lipinski definition) is 0. The highest BCUT2D eigenvalue weighted by Crippen LogP contribution is 2.38. The third-order valence-electron chi connectivity index (χ3n) is 2.31. The monoisotopic (exact) mass is 254 g/mol. The van der Waals surface area contributed by atoms with Crippen molar-refractivity contribution >= 4 is 5.78 Å². The van der Waals surface area contributed by atoms with E-state index in [1.54, 1.807) is 12.1 Å². The second-order valence-corrected chi connectivity index (χ2v) is 3.19. The van der Waals surface area contributed by atoms with E-state index in [1.165, 1.54) is 21.3 Å². The SMILES string of the molecule is CC.CCC(=O)c1cc(OC)c(OC)c(OC)c1. The van der Waals surface area contributed by atoms with Crippen LogP contribution >= 0.6 is 0 Å². The van der Waals surface area contributed by atoms with Gasteiger partial charge in [0.2, 0.25) is 5.75 Å². The van der Waals surface area contributed by atoms with Crippen LogP contribution in [0.4, 0.5) is 0 Å².